The van der Waals surface area contributed by atoms with E-state index in [1.165, 1.54) is 16.9 Å². The number of hydrogen-bond acceptors (Lipinski definition) is 5. The van der Waals surface area contributed by atoms with Gasteiger partial charge in [0.2, 0.25) is 0 Å². The summed E-state index contributed by atoms with van der Waals surface area (Å²) in [4.78, 5) is 38.2. The molecule has 136 valence electrons. The highest BCUT2D eigenvalue weighted by Gasteiger charge is 2.21. The van der Waals surface area contributed by atoms with Crippen molar-refractivity contribution in [3.8, 4) is 0 Å². The van der Waals surface area contributed by atoms with Gasteiger partial charge in [0, 0.05) is 19.5 Å². The van der Waals surface area contributed by atoms with Gasteiger partial charge in [0.1, 0.15) is 0 Å². The van der Waals surface area contributed by atoms with E-state index in [9.17, 15) is 14.4 Å². The number of ketones is 1. The Morgan fingerprint density at radius 2 is 1.85 bits per heavy atom. The number of thiophene rings is 1. The van der Waals surface area contributed by atoms with Crippen molar-refractivity contribution in [2.24, 2.45) is 0 Å². The summed E-state index contributed by atoms with van der Waals surface area (Å²) in [7, 11) is 0. The van der Waals surface area contributed by atoms with Gasteiger partial charge >= 0.3 is 5.97 Å². The van der Waals surface area contributed by atoms with Gasteiger partial charge in [0.05, 0.1) is 15.6 Å². The van der Waals surface area contributed by atoms with Gasteiger partial charge in [-0.05, 0) is 29.7 Å². The third kappa shape index (κ3) is 4.71. The molecule has 0 fully saturated rings. The molecule has 3 rings (SSSR count). The van der Waals surface area contributed by atoms with Gasteiger partial charge in [0.25, 0.3) is 5.91 Å². The van der Waals surface area contributed by atoms with Crippen molar-refractivity contribution >= 4 is 40.6 Å². The van der Waals surface area contributed by atoms with Crippen LogP contribution in [0, 0.1) is 0 Å². The number of fused-ring (bicyclic) bond motifs is 1. The molecule has 1 aliphatic rings. The Balaban J connectivity index is 1.42. The van der Waals surface area contributed by atoms with Crippen molar-refractivity contribution in [3.05, 3.63) is 56.7 Å². The van der Waals surface area contributed by atoms with Gasteiger partial charge in [-0.3, -0.25) is 14.4 Å². The molecule has 7 heteroatoms. The van der Waals surface area contributed by atoms with Crippen molar-refractivity contribution in [2.45, 2.75) is 25.8 Å². The summed E-state index contributed by atoms with van der Waals surface area (Å²) in [6.45, 7) is 0.856. The van der Waals surface area contributed by atoms with Gasteiger partial charge in [-0.2, -0.15) is 0 Å². The maximum absolute atomic E-state index is 12.2. The molecule has 1 aromatic carbocycles. The monoisotopic (exact) mass is 391 g/mol. The van der Waals surface area contributed by atoms with Crippen LogP contribution in [0.1, 0.15) is 33.6 Å². The lowest BCUT2D eigenvalue weighted by Crippen LogP contribution is -2.38. The average molecular weight is 392 g/mol. The quantitative estimate of drug-likeness (QED) is 0.558. The van der Waals surface area contributed by atoms with Crippen molar-refractivity contribution in [1.29, 1.82) is 0 Å². The fraction of sp³-hybridized carbons (Fsp3) is 0.316. The van der Waals surface area contributed by atoms with Crippen LogP contribution in [0.15, 0.2) is 36.4 Å². The third-order valence-corrected chi connectivity index (χ3v) is 5.52. The number of carbonyl (C=O) groups excluding carboxylic acids is 3. The SMILES string of the molecule is O=C(CCC(=O)c1ccc(Cl)s1)OCC(=O)N1CCc2ccccc2C1. The number of benzene rings is 1. The zero-order valence-corrected chi connectivity index (χ0v) is 15.6. The molecule has 0 atom stereocenters. The van der Waals surface area contributed by atoms with Crippen molar-refractivity contribution in [3.63, 3.8) is 0 Å². The number of Topliss-reactive ketones (excluding diaryl/α,β-unsaturated/α-hetero) is 1. The molecule has 0 aliphatic carbocycles. The Morgan fingerprint density at radius 1 is 1.08 bits per heavy atom. The van der Waals surface area contributed by atoms with E-state index in [4.69, 9.17) is 16.3 Å². The number of amides is 1. The highest BCUT2D eigenvalue weighted by Crippen LogP contribution is 2.23. The molecule has 0 saturated carbocycles. The van der Waals surface area contributed by atoms with Gasteiger partial charge < -0.3 is 9.64 Å². The van der Waals surface area contributed by atoms with E-state index in [-0.39, 0.29) is 31.1 Å². The van der Waals surface area contributed by atoms with Crippen LogP contribution in [-0.2, 0) is 27.3 Å². The number of carbonyl (C=O) groups is 3. The molecule has 0 saturated heterocycles. The van der Waals surface area contributed by atoms with Crippen LogP contribution >= 0.6 is 22.9 Å². The minimum absolute atomic E-state index is 0.0426. The molecule has 0 N–H and O–H groups in total. The minimum Gasteiger partial charge on any atom is -0.456 e. The van der Waals surface area contributed by atoms with Crippen LogP contribution in [-0.4, -0.2) is 35.7 Å². The molecular weight excluding hydrogens is 374 g/mol. The fourth-order valence-corrected chi connectivity index (χ4v) is 3.83. The Labute approximate surface area is 160 Å². The molecule has 1 amide bonds. The van der Waals surface area contributed by atoms with Gasteiger partial charge in [-0.25, -0.2) is 0 Å². The molecule has 0 spiro atoms. The summed E-state index contributed by atoms with van der Waals surface area (Å²) < 4.78 is 5.56. The van der Waals surface area contributed by atoms with Crippen LogP contribution in [0.3, 0.4) is 0 Å². The number of nitrogens with zero attached hydrogens (tertiary/aromatic N) is 1. The lowest BCUT2D eigenvalue weighted by molar-refractivity contribution is -0.152. The molecule has 0 unspecified atom stereocenters. The summed E-state index contributed by atoms with van der Waals surface area (Å²) in [5.74, 6) is -0.922. The van der Waals surface area contributed by atoms with Gasteiger partial charge in [0.15, 0.2) is 12.4 Å². The van der Waals surface area contributed by atoms with Crippen molar-refractivity contribution < 1.29 is 19.1 Å². The lowest BCUT2D eigenvalue weighted by Gasteiger charge is -2.28. The summed E-state index contributed by atoms with van der Waals surface area (Å²) in [5, 5.41) is 0. The topological polar surface area (TPSA) is 63.7 Å². The van der Waals surface area contributed by atoms with Crippen LogP contribution < -0.4 is 0 Å². The first-order valence-corrected chi connectivity index (χ1v) is 9.51. The molecule has 2 aromatic rings. The summed E-state index contributed by atoms with van der Waals surface area (Å²) in [6, 6.07) is 11.3. The molecule has 26 heavy (non-hydrogen) atoms. The molecule has 1 aromatic heterocycles. The van der Waals surface area contributed by atoms with E-state index < -0.39 is 5.97 Å². The highest BCUT2D eigenvalue weighted by atomic mass is 35.5. The number of halogens is 1. The second-order valence-corrected chi connectivity index (χ2v) is 7.74. The number of esters is 1. The number of ether oxygens (including phenoxy) is 1. The minimum atomic E-state index is -0.549. The Morgan fingerprint density at radius 3 is 2.58 bits per heavy atom. The van der Waals surface area contributed by atoms with Gasteiger partial charge in [-0.1, -0.05) is 35.9 Å². The Bertz CT molecular complexity index is 832. The molecule has 0 bridgehead atoms. The highest BCUT2D eigenvalue weighted by molar-refractivity contribution is 7.18. The number of hydrogen-bond donors (Lipinski definition) is 0. The molecule has 0 radical (unpaired) electrons. The first kappa shape index (κ1) is 18.6. The van der Waals surface area contributed by atoms with E-state index >= 15 is 0 Å². The maximum Gasteiger partial charge on any atom is 0.306 e. The predicted octanol–water partition coefficient (Wildman–Crippen LogP) is 3.49. The predicted molar refractivity (Wildman–Crippen MR) is 99.4 cm³/mol. The first-order valence-electron chi connectivity index (χ1n) is 8.31. The standard InChI is InChI=1S/C19H18ClNO4S/c20-17-7-6-16(26-17)15(22)5-8-19(24)25-12-18(23)21-10-9-13-3-1-2-4-14(13)11-21/h1-4,6-7H,5,8-12H2. The summed E-state index contributed by atoms with van der Waals surface area (Å²) >= 11 is 6.97. The third-order valence-electron chi connectivity index (χ3n) is 4.24. The molecule has 5 nitrogen and oxygen atoms in total. The van der Waals surface area contributed by atoms with Crippen LogP contribution in [0.5, 0.6) is 0 Å². The van der Waals surface area contributed by atoms with Crippen LogP contribution in [0.4, 0.5) is 0 Å². The average Bonchev–Trinajstić information content (AvgIpc) is 3.10. The van der Waals surface area contributed by atoms with Gasteiger partial charge in [-0.15, -0.1) is 11.3 Å². The van der Waals surface area contributed by atoms with E-state index in [1.54, 1.807) is 17.0 Å². The maximum atomic E-state index is 12.2. The fourth-order valence-electron chi connectivity index (χ4n) is 2.82. The van der Waals surface area contributed by atoms with E-state index in [1.807, 2.05) is 18.2 Å². The van der Waals surface area contributed by atoms with Crippen LogP contribution in [0.2, 0.25) is 4.34 Å². The lowest BCUT2D eigenvalue weighted by atomic mass is 10.00. The largest absolute Gasteiger partial charge is 0.456 e. The smallest absolute Gasteiger partial charge is 0.306 e. The first-order chi connectivity index (χ1) is 12.5. The van der Waals surface area contributed by atoms with E-state index in [0.29, 0.717) is 22.3 Å². The normalized spacial score (nSPS) is 13.2. The Hall–Kier alpha value is -2.18. The summed E-state index contributed by atoms with van der Waals surface area (Å²) in [6.07, 6.45) is 0.791. The Kier molecular flexibility index (Phi) is 6.06. The van der Waals surface area contributed by atoms with E-state index in [0.717, 1.165) is 12.0 Å². The molecule has 1 aliphatic heterocycles. The number of rotatable bonds is 6. The second-order valence-electron chi connectivity index (χ2n) is 6.02. The second kappa shape index (κ2) is 8.47. The zero-order chi connectivity index (χ0) is 18.5. The zero-order valence-electron chi connectivity index (χ0n) is 14.1. The van der Waals surface area contributed by atoms with Crippen molar-refractivity contribution in [2.75, 3.05) is 13.2 Å². The molecule has 2 heterocycles. The summed E-state index contributed by atoms with van der Waals surface area (Å²) in [5.41, 5.74) is 2.37. The molecular formula is C19H18ClNO4S. The van der Waals surface area contributed by atoms with E-state index in [2.05, 4.69) is 6.07 Å². The van der Waals surface area contributed by atoms with Crippen LogP contribution in [0.25, 0.3) is 0 Å². The van der Waals surface area contributed by atoms with Crippen molar-refractivity contribution in [1.82, 2.24) is 4.90 Å².